The third-order valence-corrected chi connectivity index (χ3v) is 4.36. The van der Waals surface area contributed by atoms with E-state index in [0.29, 0.717) is 32.0 Å². The van der Waals surface area contributed by atoms with Gasteiger partial charge in [0.25, 0.3) is 5.91 Å². The zero-order chi connectivity index (χ0) is 15.7. The highest BCUT2D eigenvalue weighted by Crippen LogP contribution is 2.39. The summed E-state index contributed by atoms with van der Waals surface area (Å²) < 4.78 is 11.7. The zero-order valence-electron chi connectivity index (χ0n) is 11.5. The molecular weight excluding hydrogens is 324 g/mol. The maximum Gasteiger partial charge on any atom is 0.258 e. The predicted molar refractivity (Wildman–Crippen MR) is 86.2 cm³/mol. The van der Waals surface area contributed by atoms with Gasteiger partial charge in [-0.3, -0.25) is 4.79 Å². The van der Waals surface area contributed by atoms with Gasteiger partial charge in [0.1, 0.15) is 10.4 Å². The van der Waals surface area contributed by atoms with Gasteiger partial charge < -0.3 is 15.2 Å². The van der Waals surface area contributed by atoms with Crippen LogP contribution in [0.2, 0.25) is 5.02 Å². The van der Waals surface area contributed by atoms with Crippen LogP contribution in [0.1, 0.15) is 9.67 Å². The van der Waals surface area contributed by atoms with Crippen molar-refractivity contribution in [1.82, 2.24) is 4.98 Å². The lowest BCUT2D eigenvalue weighted by atomic mass is 10.2. The molecule has 3 aromatic rings. The first-order valence-corrected chi connectivity index (χ1v) is 7.47. The summed E-state index contributed by atoms with van der Waals surface area (Å²) in [5.74, 6) is 1.06. The number of primary amides is 1. The van der Waals surface area contributed by atoms with Crippen LogP contribution in [0.5, 0.6) is 17.4 Å². The summed E-state index contributed by atoms with van der Waals surface area (Å²) in [4.78, 5) is 16.0. The van der Waals surface area contributed by atoms with Gasteiger partial charge in [0.15, 0.2) is 5.75 Å². The number of fused-ring (bicyclic) bond motifs is 1. The molecule has 0 aliphatic rings. The number of rotatable bonds is 4. The third-order valence-electron chi connectivity index (χ3n) is 2.97. The van der Waals surface area contributed by atoms with Crippen LogP contribution in [-0.4, -0.2) is 18.0 Å². The molecule has 0 saturated heterocycles. The number of thiophene rings is 1. The molecule has 22 heavy (non-hydrogen) atoms. The molecule has 3 rings (SSSR count). The van der Waals surface area contributed by atoms with Crippen molar-refractivity contribution in [1.29, 1.82) is 0 Å². The lowest BCUT2D eigenvalue weighted by Gasteiger charge is -2.08. The van der Waals surface area contributed by atoms with E-state index in [9.17, 15) is 4.79 Å². The minimum atomic E-state index is -0.499. The van der Waals surface area contributed by atoms with Gasteiger partial charge >= 0.3 is 0 Å². The number of methoxy groups -OCH3 is 1. The van der Waals surface area contributed by atoms with Crippen molar-refractivity contribution < 1.29 is 14.3 Å². The summed E-state index contributed by atoms with van der Waals surface area (Å²) in [6.45, 7) is 0. The van der Waals surface area contributed by atoms with Crippen molar-refractivity contribution in [2.45, 2.75) is 0 Å². The van der Waals surface area contributed by atoms with Gasteiger partial charge in [-0.05, 0) is 30.3 Å². The van der Waals surface area contributed by atoms with Gasteiger partial charge in [-0.1, -0.05) is 11.6 Å². The second-order valence-electron chi connectivity index (χ2n) is 4.41. The Hall–Kier alpha value is -2.31. The molecule has 0 saturated carbocycles. The van der Waals surface area contributed by atoms with E-state index in [1.54, 1.807) is 36.5 Å². The van der Waals surface area contributed by atoms with E-state index >= 15 is 0 Å². The summed E-state index contributed by atoms with van der Waals surface area (Å²) in [6.07, 6.45) is 1.55. The first-order valence-electron chi connectivity index (χ1n) is 6.28. The van der Waals surface area contributed by atoms with Crippen LogP contribution in [0.3, 0.4) is 0 Å². The number of pyridine rings is 1. The fraction of sp³-hybridized carbons (Fsp3) is 0.0667. The topological polar surface area (TPSA) is 74.4 Å². The maximum atomic E-state index is 11.4. The molecule has 5 nitrogen and oxygen atoms in total. The van der Waals surface area contributed by atoms with Crippen LogP contribution >= 0.6 is 22.9 Å². The minimum absolute atomic E-state index is 0.419. The molecule has 0 aliphatic carbocycles. The van der Waals surface area contributed by atoms with Crippen molar-refractivity contribution in [3.8, 4) is 17.4 Å². The molecule has 0 bridgehead atoms. The Labute approximate surface area is 135 Å². The molecule has 0 atom stereocenters. The Morgan fingerprint density at radius 2 is 2.05 bits per heavy atom. The van der Waals surface area contributed by atoms with E-state index in [0.717, 1.165) is 5.39 Å². The molecule has 0 fully saturated rings. The Morgan fingerprint density at radius 1 is 1.32 bits per heavy atom. The van der Waals surface area contributed by atoms with Crippen molar-refractivity contribution in [2.75, 3.05) is 7.11 Å². The molecule has 0 aliphatic heterocycles. The van der Waals surface area contributed by atoms with Gasteiger partial charge in [-0.25, -0.2) is 4.98 Å². The molecule has 7 heteroatoms. The average Bonchev–Trinajstić information content (AvgIpc) is 2.96. The first-order chi connectivity index (χ1) is 10.6. The fourth-order valence-corrected chi connectivity index (χ4v) is 3.07. The zero-order valence-corrected chi connectivity index (χ0v) is 13.1. The van der Waals surface area contributed by atoms with E-state index < -0.39 is 5.91 Å². The lowest BCUT2D eigenvalue weighted by molar-refractivity contribution is 0.100. The second kappa shape index (κ2) is 5.82. The standard InChI is InChI=1S/C15H11ClN2O3S/c1-20-15-13-10(6-12(22-13)14(17)19)11(7-18-15)21-9-4-2-8(16)3-5-9/h2-7H,1H3,(H2,17,19). The number of nitrogens with zero attached hydrogens (tertiary/aromatic N) is 1. The Kier molecular flexibility index (Phi) is 3.87. The van der Waals surface area contributed by atoms with Crippen molar-refractivity contribution in [3.63, 3.8) is 0 Å². The molecule has 0 radical (unpaired) electrons. The number of ether oxygens (including phenoxy) is 2. The van der Waals surface area contributed by atoms with Crippen LogP contribution in [0.25, 0.3) is 10.1 Å². The molecule has 1 amide bonds. The second-order valence-corrected chi connectivity index (χ2v) is 5.89. The molecule has 2 aromatic heterocycles. The number of halogens is 1. The van der Waals surface area contributed by atoms with E-state index in [1.807, 2.05) is 0 Å². The summed E-state index contributed by atoms with van der Waals surface area (Å²) in [5, 5.41) is 1.34. The molecule has 2 N–H and O–H groups in total. The number of nitrogens with two attached hydrogens (primary N) is 1. The van der Waals surface area contributed by atoms with Crippen LogP contribution < -0.4 is 15.2 Å². The minimum Gasteiger partial charge on any atom is -0.480 e. The average molecular weight is 335 g/mol. The quantitative estimate of drug-likeness (QED) is 0.786. The first kappa shape index (κ1) is 14.6. The highest BCUT2D eigenvalue weighted by Gasteiger charge is 2.16. The number of benzene rings is 1. The van der Waals surface area contributed by atoms with E-state index in [-0.39, 0.29) is 0 Å². The van der Waals surface area contributed by atoms with Crippen LogP contribution in [0.15, 0.2) is 36.5 Å². The highest BCUT2D eigenvalue weighted by atomic mass is 35.5. The van der Waals surface area contributed by atoms with Gasteiger partial charge in [0.05, 0.1) is 18.2 Å². The summed E-state index contributed by atoms with van der Waals surface area (Å²) >= 11 is 7.07. The normalized spacial score (nSPS) is 10.6. The van der Waals surface area contributed by atoms with Crippen LogP contribution in [0.4, 0.5) is 0 Å². The Balaban J connectivity index is 2.09. The van der Waals surface area contributed by atoms with Gasteiger partial charge in [0, 0.05) is 10.4 Å². The van der Waals surface area contributed by atoms with Crippen molar-refractivity contribution in [2.24, 2.45) is 5.73 Å². The molecule has 0 spiro atoms. The number of carbonyl (C=O) groups excluding carboxylic acids is 1. The third kappa shape index (κ3) is 2.70. The smallest absolute Gasteiger partial charge is 0.258 e. The van der Waals surface area contributed by atoms with Gasteiger partial charge in [-0.2, -0.15) is 0 Å². The van der Waals surface area contributed by atoms with E-state index in [4.69, 9.17) is 26.8 Å². The summed E-state index contributed by atoms with van der Waals surface area (Å²) in [5.41, 5.74) is 5.34. The number of amides is 1. The summed E-state index contributed by atoms with van der Waals surface area (Å²) in [6, 6.07) is 8.64. The molecule has 1 aromatic carbocycles. The maximum absolute atomic E-state index is 11.4. The molecule has 2 heterocycles. The van der Waals surface area contributed by atoms with E-state index in [2.05, 4.69) is 4.98 Å². The predicted octanol–water partition coefficient (Wildman–Crippen LogP) is 3.85. The highest BCUT2D eigenvalue weighted by molar-refractivity contribution is 7.21. The number of hydrogen-bond acceptors (Lipinski definition) is 5. The number of aromatic nitrogens is 1. The molecular formula is C15H11ClN2O3S. The molecule has 112 valence electrons. The SMILES string of the molecule is COc1ncc(Oc2ccc(Cl)cc2)c2cc(C(N)=O)sc12. The van der Waals surface area contributed by atoms with E-state index in [1.165, 1.54) is 18.4 Å². The van der Waals surface area contributed by atoms with Crippen molar-refractivity contribution >= 4 is 38.9 Å². The lowest BCUT2D eigenvalue weighted by Crippen LogP contribution is -2.08. The number of carbonyl (C=O) groups is 1. The van der Waals surface area contributed by atoms with Crippen LogP contribution in [-0.2, 0) is 0 Å². The largest absolute Gasteiger partial charge is 0.480 e. The van der Waals surface area contributed by atoms with Gasteiger partial charge in [-0.15, -0.1) is 11.3 Å². The Morgan fingerprint density at radius 3 is 2.68 bits per heavy atom. The number of hydrogen-bond donors (Lipinski definition) is 1. The van der Waals surface area contributed by atoms with Crippen LogP contribution in [0, 0.1) is 0 Å². The Bertz CT molecular complexity index is 846. The van der Waals surface area contributed by atoms with Gasteiger partial charge in [0.2, 0.25) is 5.88 Å². The summed E-state index contributed by atoms with van der Waals surface area (Å²) in [7, 11) is 1.52. The molecule has 0 unspecified atom stereocenters. The monoisotopic (exact) mass is 334 g/mol. The fourth-order valence-electron chi connectivity index (χ4n) is 1.96. The van der Waals surface area contributed by atoms with Crippen molar-refractivity contribution in [3.05, 3.63) is 46.4 Å².